The summed E-state index contributed by atoms with van der Waals surface area (Å²) in [6.07, 6.45) is 2.50. The minimum absolute atomic E-state index is 0.0375. The topological polar surface area (TPSA) is 81.1 Å². The lowest BCUT2D eigenvalue weighted by Gasteiger charge is -2.08. The Kier molecular flexibility index (Phi) is 5.91. The summed E-state index contributed by atoms with van der Waals surface area (Å²) in [7, 11) is -3.44. The lowest BCUT2D eigenvalue weighted by Crippen LogP contribution is -2.27. The minimum Gasteiger partial charge on any atom is -0.356 e. The van der Waals surface area contributed by atoms with E-state index >= 15 is 0 Å². The molecule has 3 aromatic rings. The van der Waals surface area contributed by atoms with Crippen molar-refractivity contribution in [1.29, 1.82) is 0 Å². The minimum atomic E-state index is -3.44. The number of sulfone groups is 1. The number of nitrogens with one attached hydrogen (secondary N) is 1. The highest BCUT2D eigenvalue weighted by molar-refractivity contribution is 7.91. The molecule has 0 saturated carbocycles. The highest BCUT2D eigenvalue weighted by Gasteiger charge is 2.16. The van der Waals surface area contributed by atoms with Gasteiger partial charge in [-0.2, -0.15) is 0 Å². The van der Waals surface area contributed by atoms with Gasteiger partial charge in [0.2, 0.25) is 5.91 Å². The van der Waals surface area contributed by atoms with Crippen molar-refractivity contribution in [2.75, 3.05) is 12.3 Å². The summed E-state index contributed by atoms with van der Waals surface area (Å²) < 4.78 is 26.6. The molecular formula is C20H23N3O3S. The van der Waals surface area contributed by atoms with E-state index in [1.54, 1.807) is 30.6 Å². The first-order chi connectivity index (χ1) is 13.0. The lowest BCUT2D eigenvalue weighted by molar-refractivity contribution is -0.120. The Morgan fingerprint density at radius 1 is 1.11 bits per heavy atom. The van der Waals surface area contributed by atoms with Gasteiger partial charge >= 0.3 is 0 Å². The maximum Gasteiger partial charge on any atom is 0.221 e. The van der Waals surface area contributed by atoms with Crippen LogP contribution in [0.1, 0.15) is 18.4 Å². The van der Waals surface area contributed by atoms with Gasteiger partial charge in [-0.15, -0.1) is 0 Å². The summed E-state index contributed by atoms with van der Waals surface area (Å²) in [5.74, 6) is -0.435. The van der Waals surface area contributed by atoms with Crippen LogP contribution in [0, 0.1) is 6.92 Å². The highest BCUT2D eigenvalue weighted by atomic mass is 32.2. The Morgan fingerprint density at radius 3 is 2.63 bits per heavy atom. The van der Waals surface area contributed by atoms with Crippen molar-refractivity contribution in [1.82, 2.24) is 14.9 Å². The van der Waals surface area contributed by atoms with E-state index in [1.165, 1.54) is 0 Å². The molecule has 0 aliphatic rings. The summed E-state index contributed by atoms with van der Waals surface area (Å²) in [4.78, 5) is 16.5. The maximum absolute atomic E-state index is 12.3. The number of imidazole rings is 1. The Morgan fingerprint density at radius 2 is 1.85 bits per heavy atom. The third kappa shape index (κ3) is 4.95. The van der Waals surface area contributed by atoms with Crippen LogP contribution in [0.5, 0.6) is 0 Å². The Labute approximate surface area is 159 Å². The molecule has 0 radical (unpaired) electrons. The zero-order valence-corrected chi connectivity index (χ0v) is 16.1. The van der Waals surface area contributed by atoms with Crippen LogP contribution in [0.2, 0.25) is 0 Å². The van der Waals surface area contributed by atoms with Gasteiger partial charge in [0.05, 0.1) is 28.0 Å². The summed E-state index contributed by atoms with van der Waals surface area (Å²) in [6.45, 7) is 3.13. The van der Waals surface area contributed by atoms with Crippen LogP contribution >= 0.6 is 0 Å². The van der Waals surface area contributed by atoms with Crippen LogP contribution in [-0.2, 0) is 21.2 Å². The summed E-state index contributed by atoms with van der Waals surface area (Å²) in [5.41, 5.74) is 3.01. The molecule has 1 heterocycles. The average molecular weight is 385 g/mol. The smallest absolute Gasteiger partial charge is 0.221 e. The van der Waals surface area contributed by atoms with Crippen molar-refractivity contribution in [3.8, 4) is 0 Å². The van der Waals surface area contributed by atoms with Gasteiger partial charge in [-0.25, -0.2) is 13.4 Å². The van der Waals surface area contributed by atoms with E-state index in [2.05, 4.69) is 10.3 Å². The van der Waals surface area contributed by atoms with E-state index < -0.39 is 9.84 Å². The Balaban J connectivity index is 1.42. The molecule has 0 spiro atoms. The number of aryl methyl sites for hydroxylation is 2. The Hall–Kier alpha value is -2.67. The van der Waals surface area contributed by atoms with E-state index in [0.717, 1.165) is 29.6 Å². The SMILES string of the molecule is Cc1ccc(S(=O)(=O)CCC(=O)NCCCn2cnc3ccccc32)cc1. The maximum atomic E-state index is 12.3. The van der Waals surface area contributed by atoms with Crippen LogP contribution < -0.4 is 5.32 Å². The van der Waals surface area contributed by atoms with Crippen molar-refractivity contribution in [2.24, 2.45) is 0 Å². The number of rotatable bonds is 8. The fourth-order valence-corrected chi connectivity index (χ4v) is 4.09. The van der Waals surface area contributed by atoms with Crippen molar-refractivity contribution in [3.05, 3.63) is 60.4 Å². The average Bonchev–Trinajstić information content (AvgIpc) is 3.07. The van der Waals surface area contributed by atoms with Crippen molar-refractivity contribution in [3.63, 3.8) is 0 Å². The van der Waals surface area contributed by atoms with Gasteiger partial charge in [-0.3, -0.25) is 4.79 Å². The first kappa shape index (κ1) is 19.1. The van der Waals surface area contributed by atoms with E-state index in [1.807, 2.05) is 35.8 Å². The molecule has 0 aliphatic heterocycles. The molecule has 0 atom stereocenters. The van der Waals surface area contributed by atoms with Crippen LogP contribution in [0.15, 0.2) is 59.8 Å². The molecule has 0 unspecified atom stereocenters. The number of carbonyl (C=O) groups excluding carboxylic acids is 1. The molecule has 0 saturated heterocycles. The monoisotopic (exact) mass is 385 g/mol. The van der Waals surface area contributed by atoms with Crippen LogP contribution in [0.4, 0.5) is 0 Å². The number of amides is 1. The second-order valence-corrected chi connectivity index (χ2v) is 8.62. The van der Waals surface area contributed by atoms with E-state index in [9.17, 15) is 13.2 Å². The number of para-hydroxylation sites is 2. The molecule has 142 valence electrons. The molecule has 0 fully saturated rings. The molecular weight excluding hydrogens is 362 g/mol. The molecule has 1 amide bonds. The number of hydrogen-bond donors (Lipinski definition) is 1. The van der Waals surface area contributed by atoms with Gasteiger partial charge in [-0.05, 0) is 37.6 Å². The van der Waals surface area contributed by atoms with Gasteiger partial charge in [0.1, 0.15) is 0 Å². The summed E-state index contributed by atoms with van der Waals surface area (Å²) >= 11 is 0. The molecule has 2 aromatic carbocycles. The van der Waals surface area contributed by atoms with Crippen LogP contribution in [-0.4, -0.2) is 36.2 Å². The van der Waals surface area contributed by atoms with Crippen molar-refractivity contribution >= 4 is 26.8 Å². The van der Waals surface area contributed by atoms with E-state index in [4.69, 9.17) is 0 Å². The standard InChI is InChI=1S/C20H23N3O3S/c1-16-7-9-17(10-8-16)27(25,26)14-11-20(24)21-12-4-13-23-15-22-18-5-2-3-6-19(18)23/h2-3,5-10,15H,4,11-14H2,1H3,(H,21,24). The zero-order chi connectivity index (χ0) is 19.3. The van der Waals surface area contributed by atoms with Gasteiger partial charge < -0.3 is 9.88 Å². The van der Waals surface area contributed by atoms with Crippen molar-refractivity contribution < 1.29 is 13.2 Å². The molecule has 0 aliphatic carbocycles. The third-order valence-electron chi connectivity index (χ3n) is 4.40. The molecule has 3 rings (SSSR count). The first-order valence-electron chi connectivity index (χ1n) is 8.92. The van der Waals surface area contributed by atoms with Gasteiger partial charge in [-0.1, -0.05) is 29.8 Å². The largest absolute Gasteiger partial charge is 0.356 e. The fraction of sp³-hybridized carbons (Fsp3) is 0.300. The lowest BCUT2D eigenvalue weighted by atomic mass is 10.2. The highest BCUT2D eigenvalue weighted by Crippen LogP contribution is 2.13. The first-order valence-corrected chi connectivity index (χ1v) is 10.6. The summed E-state index contributed by atoms with van der Waals surface area (Å²) in [6, 6.07) is 14.6. The number of benzene rings is 2. The van der Waals surface area contributed by atoms with Crippen LogP contribution in [0.3, 0.4) is 0 Å². The number of carbonyl (C=O) groups is 1. The van der Waals surface area contributed by atoms with Gasteiger partial charge in [0.15, 0.2) is 9.84 Å². The predicted octanol–water partition coefficient (Wildman–Crippen LogP) is 2.72. The number of fused-ring (bicyclic) bond motifs is 1. The Bertz CT molecular complexity index is 1020. The molecule has 0 bridgehead atoms. The number of hydrogen-bond acceptors (Lipinski definition) is 4. The van der Waals surface area contributed by atoms with Gasteiger partial charge in [0, 0.05) is 19.5 Å². The van der Waals surface area contributed by atoms with Crippen LogP contribution in [0.25, 0.3) is 11.0 Å². The molecule has 1 aromatic heterocycles. The van der Waals surface area contributed by atoms with Crippen molar-refractivity contribution in [2.45, 2.75) is 31.2 Å². The fourth-order valence-electron chi connectivity index (χ4n) is 2.84. The quantitative estimate of drug-likeness (QED) is 0.605. The normalized spacial score (nSPS) is 11.6. The number of nitrogens with zero attached hydrogens (tertiary/aromatic N) is 2. The second kappa shape index (κ2) is 8.35. The predicted molar refractivity (Wildman–Crippen MR) is 105 cm³/mol. The molecule has 7 heteroatoms. The second-order valence-electron chi connectivity index (χ2n) is 6.51. The summed E-state index contributed by atoms with van der Waals surface area (Å²) in [5, 5.41) is 2.79. The third-order valence-corrected chi connectivity index (χ3v) is 6.14. The van der Waals surface area contributed by atoms with E-state index in [-0.39, 0.29) is 23.0 Å². The van der Waals surface area contributed by atoms with Gasteiger partial charge in [0.25, 0.3) is 0 Å². The van der Waals surface area contributed by atoms with E-state index in [0.29, 0.717) is 6.54 Å². The zero-order valence-electron chi connectivity index (χ0n) is 15.3. The molecule has 27 heavy (non-hydrogen) atoms. The number of aromatic nitrogens is 2. The molecule has 1 N–H and O–H groups in total. The molecule has 6 nitrogen and oxygen atoms in total.